The maximum Gasteiger partial charge on any atom is 0.0999 e. The fraction of sp³-hybridized carbons (Fsp3) is 0.100. The fourth-order valence-electron chi connectivity index (χ4n) is 1.43. The van der Waals surface area contributed by atoms with Crippen LogP contribution in [0.3, 0.4) is 0 Å². The Bertz CT molecular complexity index is 505. The quantitative estimate of drug-likeness (QED) is 0.690. The Kier molecular flexibility index (Phi) is 1.86. The van der Waals surface area contributed by atoms with Crippen molar-refractivity contribution in [3.8, 4) is 6.07 Å². The molecule has 0 bridgehead atoms. The van der Waals surface area contributed by atoms with E-state index in [9.17, 15) is 0 Å². The van der Waals surface area contributed by atoms with E-state index in [0.29, 0.717) is 5.56 Å². The molecule has 2 nitrogen and oxygen atoms in total. The lowest BCUT2D eigenvalue weighted by Gasteiger charge is -1.98. The summed E-state index contributed by atoms with van der Waals surface area (Å²) in [4.78, 5) is 0. The van der Waals surface area contributed by atoms with Crippen molar-refractivity contribution in [1.29, 1.82) is 5.26 Å². The number of aromatic nitrogens is 1. The molecule has 0 spiro atoms. The number of hydrogen-bond acceptors (Lipinski definition) is 1. The molecule has 0 aliphatic heterocycles. The van der Waals surface area contributed by atoms with Crippen molar-refractivity contribution in [3.05, 3.63) is 34.4 Å². The zero-order chi connectivity index (χ0) is 9.42. The van der Waals surface area contributed by atoms with Gasteiger partial charge in [0.25, 0.3) is 0 Å². The molecule has 13 heavy (non-hydrogen) atoms. The van der Waals surface area contributed by atoms with Gasteiger partial charge in [0.15, 0.2) is 0 Å². The Labute approximate surface area is 84.5 Å². The zero-order valence-electron chi connectivity index (χ0n) is 7.08. The Morgan fingerprint density at radius 1 is 1.46 bits per heavy atom. The van der Waals surface area contributed by atoms with Crippen LogP contribution in [0.1, 0.15) is 5.56 Å². The van der Waals surface area contributed by atoms with Crippen LogP contribution >= 0.6 is 15.9 Å². The third kappa shape index (κ3) is 1.24. The van der Waals surface area contributed by atoms with Crippen molar-refractivity contribution in [2.45, 2.75) is 0 Å². The van der Waals surface area contributed by atoms with Gasteiger partial charge in [-0.15, -0.1) is 0 Å². The maximum atomic E-state index is 8.89. The topological polar surface area (TPSA) is 28.7 Å². The van der Waals surface area contributed by atoms with E-state index in [0.717, 1.165) is 15.4 Å². The number of halogens is 1. The number of rotatable bonds is 0. The lowest BCUT2D eigenvalue weighted by atomic mass is 10.1. The van der Waals surface area contributed by atoms with Gasteiger partial charge in [0.1, 0.15) is 0 Å². The molecule has 1 aromatic carbocycles. The summed E-state index contributed by atoms with van der Waals surface area (Å²) in [5.41, 5.74) is 1.79. The van der Waals surface area contributed by atoms with Gasteiger partial charge in [-0.2, -0.15) is 5.26 Å². The molecule has 3 heteroatoms. The van der Waals surface area contributed by atoms with Crippen LogP contribution in [0.2, 0.25) is 0 Å². The highest BCUT2D eigenvalue weighted by Crippen LogP contribution is 2.24. The lowest BCUT2D eigenvalue weighted by Crippen LogP contribution is -1.85. The smallest absolute Gasteiger partial charge is 0.0999 e. The number of aryl methyl sites for hydroxylation is 1. The third-order valence-electron chi connectivity index (χ3n) is 2.09. The van der Waals surface area contributed by atoms with Crippen LogP contribution in [0.25, 0.3) is 10.9 Å². The molecule has 0 saturated heterocycles. The van der Waals surface area contributed by atoms with Crippen molar-refractivity contribution < 1.29 is 0 Å². The van der Waals surface area contributed by atoms with E-state index in [1.807, 2.05) is 36.0 Å². The van der Waals surface area contributed by atoms with Crippen LogP contribution in [0.4, 0.5) is 0 Å². The highest BCUT2D eigenvalue weighted by molar-refractivity contribution is 9.10. The highest BCUT2D eigenvalue weighted by Gasteiger charge is 2.04. The molecule has 0 atom stereocenters. The molecule has 0 amide bonds. The van der Waals surface area contributed by atoms with Crippen LogP contribution in [0, 0.1) is 11.3 Å². The van der Waals surface area contributed by atoms with E-state index in [1.165, 1.54) is 0 Å². The third-order valence-corrected chi connectivity index (χ3v) is 2.55. The Balaban J connectivity index is 2.94. The largest absolute Gasteiger partial charge is 0.350 e. The summed E-state index contributed by atoms with van der Waals surface area (Å²) in [5.74, 6) is 0. The Morgan fingerprint density at radius 3 is 2.92 bits per heavy atom. The molecule has 0 aliphatic rings. The molecule has 2 rings (SSSR count). The molecule has 0 radical (unpaired) electrons. The molecular weight excluding hydrogens is 228 g/mol. The van der Waals surface area contributed by atoms with Gasteiger partial charge < -0.3 is 4.57 Å². The van der Waals surface area contributed by atoms with Crippen LogP contribution in [-0.4, -0.2) is 4.57 Å². The number of nitriles is 1. The lowest BCUT2D eigenvalue weighted by molar-refractivity contribution is 0.969. The maximum absolute atomic E-state index is 8.89. The number of nitrogens with zero attached hydrogens (tertiary/aromatic N) is 2. The molecule has 64 valence electrons. The number of benzene rings is 1. The second-order valence-electron chi connectivity index (χ2n) is 2.92. The van der Waals surface area contributed by atoms with Gasteiger partial charge in [-0.25, -0.2) is 0 Å². The summed E-state index contributed by atoms with van der Waals surface area (Å²) in [6.07, 6.45) is 1.96. The van der Waals surface area contributed by atoms with Crippen LogP contribution < -0.4 is 0 Å². The van der Waals surface area contributed by atoms with E-state index in [1.54, 1.807) is 0 Å². The predicted molar refractivity (Wildman–Crippen MR) is 55.3 cm³/mol. The van der Waals surface area contributed by atoms with Gasteiger partial charge in [-0.05, 0) is 18.2 Å². The number of hydrogen-bond donors (Lipinski definition) is 0. The minimum absolute atomic E-state index is 0.713. The molecule has 0 saturated carbocycles. The first-order valence-corrected chi connectivity index (χ1v) is 4.66. The monoisotopic (exact) mass is 234 g/mol. The van der Waals surface area contributed by atoms with E-state index < -0.39 is 0 Å². The summed E-state index contributed by atoms with van der Waals surface area (Å²) in [7, 11) is 1.97. The summed E-state index contributed by atoms with van der Waals surface area (Å²) in [6.45, 7) is 0. The van der Waals surface area contributed by atoms with Crippen LogP contribution in [-0.2, 0) is 7.05 Å². The van der Waals surface area contributed by atoms with Crippen molar-refractivity contribution in [3.63, 3.8) is 0 Å². The fourth-order valence-corrected chi connectivity index (χ4v) is 1.88. The molecule has 0 unspecified atom stereocenters. The van der Waals surface area contributed by atoms with Crippen molar-refractivity contribution in [1.82, 2.24) is 4.57 Å². The standard InChI is InChI=1S/C10H7BrN2/c1-13-3-2-9-7(6-12)4-8(11)5-10(9)13/h2-5H,1H3. The molecule has 2 aromatic rings. The van der Waals surface area contributed by atoms with E-state index in [4.69, 9.17) is 5.26 Å². The number of fused-ring (bicyclic) bond motifs is 1. The Morgan fingerprint density at radius 2 is 2.23 bits per heavy atom. The average molecular weight is 235 g/mol. The summed E-state index contributed by atoms with van der Waals surface area (Å²) in [5, 5.41) is 9.90. The summed E-state index contributed by atoms with van der Waals surface area (Å²) in [6, 6.07) is 7.99. The first kappa shape index (κ1) is 8.33. The second kappa shape index (κ2) is 2.90. The van der Waals surface area contributed by atoms with E-state index in [2.05, 4.69) is 22.0 Å². The molecular formula is C10H7BrN2. The molecule has 1 aromatic heterocycles. The van der Waals surface area contributed by atoms with Gasteiger partial charge in [-0.1, -0.05) is 15.9 Å². The molecule has 0 aliphatic carbocycles. The summed E-state index contributed by atoms with van der Waals surface area (Å²) < 4.78 is 2.94. The van der Waals surface area contributed by atoms with Gasteiger partial charge in [0, 0.05) is 23.1 Å². The predicted octanol–water partition coefficient (Wildman–Crippen LogP) is 2.81. The highest BCUT2D eigenvalue weighted by atomic mass is 79.9. The van der Waals surface area contributed by atoms with Gasteiger partial charge in [0.2, 0.25) is 0 Å². The van der Waals surface area contributed by atoms with Gasteiger partial charge in [0.05, 0.1) is 17.1 Å². The van der Waals surface area contributed by atoms with E-state index >= 15 is 0 Å². The first-order valence-electron chi connectivity index (χ1n) is 3.87. The average Bonchev–Trinajstić information content (AvgIpc) is 2.47. The zero-order valence-corrected chi connectivity index (χ0v) is 8.67. The first-order chi connectivity index (χ1) is 6.22. The minimum atomic E-state index is 0.713. The van der Waals surface area contributed by atoms with Crippen molar-refractivity contribution >= 4 is 26.8 Å². The SMILES string of the molecule is Cn1ccc2c(C#N)cc(Br)cc21. The summed E-state index contributed by atoms with van der Waals surface area (Å²) >= 11 is 3.38. The van der Waals surface area contributed by atoms with Gasteiger partial charge >= 0.3 is 0 Å². The van der Waals surface area contributed by atoms with Crippen molar-refractivity contribution in [2.75, 3.05) is 0 Å². The van der Waals surface area contributed by atoms with Crippen LogP contribution in [0.15, 0.2) is 28.9 Å². The normalized spacial score (nSPS) is 10.2. The molecule has 0 N–H and O–H groups in total. The van der Waals surface area contributed by atoms with E-state index in [-0.39, 0.29) is 0 Å². The Hall–Kier alpha value is -1.27. The minimum Gasteiger partial charge on any atom is -0.350 e. The molecule has 1 heterocycles. The van der Waals surface area contributed by atoms with Crippen LogP contribution in [0.5, 0.6) is 0 Å². The van der Waals surface area contributed by atoms with Gasteiger partial charge in [-0.3, -0.25) is 0 Å². The second-order valence-corrected chi connectivity index (χ2v) is 3.84. The molecule has 0 fully saturated rings. The van der Waals surface area contributed by atoms with Crippen molar-refractivity contribution in [2.24, 2.45) is 7.05 Å².